The number of carbonyl (C=O) groups is 2. The van der Waals surface area contributed by atoms with E-state index in [0.717, 1.165) is 21.6 Å². The van der Waals surface area contributed by atoms with Crippen molar-refractivity contribution in [2.45, 2.75) is 25.9 Å². The number of rotatable bonds is 9. The Kier molecular flexibility index (Phi) is 7.95. The van der Waals surface area contributed by atoms with Crippen molar-refractivity contribution in [3.05, 3.63) is 118 Å². The van der Waals surface area contributed by atoms with E-state index in [-0.39, 0.29) is 18.2 Å². The van der Waals surface area contributed by atoms with Crippen LogP contribution >= 0.6 is 11.3 Å². The highest BCUT2D eigenvalue weighted by atomic mass is 32.1. The first-order chi connectivity index (χ1) is 17.0. The van der Waals surface area contributed by atoms with Gasteiger partial charge in [-0.05, 0) is 53.8 Å². The summed E-state index contributed by atoms with van der Waals surface area (Å²) in [5.41, 5.74) is 3.45. The summed E-state index contributed by atoms with van der Waals surface area (Å²) < 4.78 is 5.31. The van der Waals surface area contributed by atoms with Gasteiger partial charge in [0.15, 0.2) is 0 Å². The van der Waals surface area contributed by atoms with Gasteiger partial charge in [-0.2, -0.15) is 0 Å². The topological polar surface area (TPSA) is 58.6 Å². The predicted molar refractivity (Wildman–Crippen MR) is 141 cm³/mol. The van der Waals surface area contributed by atoms with Crippen LogP contribution in [-0.2, 0) is 22.6 Å². The normalized spacial score (nSPS) is 11.5. The van der Waals surface area contributed by atoms with Gasteiger partial charge in [-0.25, -0.2) is 0 Å². The van der Waals surface area contributed by atoms with E-state index in [9.17, 15) is 9.59 Å². The fraction of sp³-hybridized carbons (Fsp3) is 0.172. The molecule has 0 saturated heterocycles. The monoisotopic (exact) mass is 484 g/mol. The summed E-state index contributed by atoms with van der Waals surface area (Å²) in [6.07, 6.45) is 0.206. The Hall–Kier alpha value is -3.90. The first-order valence-corrected chi connectivity index (χ1v) is 12.3. The number of amides is 2. The molecule has 6 heteroatoms. The number of nitrogens with one attached hydrogen (secondary N) is 1. The largest absolute Gasteiger partial charge is 0.497 e. The van der Waals surface area contributed by atoms with Gasteiger partial charge >= 0.3 is 0 Å². The Labute approximate surface area is 210 Å². The van der Waals surface area contributed by atoms with Crippen molar-refractivity contribution in [3.8, 4) is 5.75 Å². The Balaban J connectivity index is 1.73. The van der Waals surface area contributed by atoms with Gasteiger partial charge in [-0.1, -0.05) is 66.2 Å². The van der Waals surface area contributed by atoms with Gasteiger partial charge in [0, 0.05) is 17.1 Å². The van der Waals surface area contributed by atoms with Crippen LogP contribution in [-0.4, -0.2) is 18.9 Å². The average molecular weight is 485 g/mol. The minimum absolute atomic E-state index is 0.155. The molecule has 1 atom stereocenters. The van der Waals surface area contributed by atoms with E-state index in [1.54, 1.807) is 24.1 Å². The minimum atomic E-state index is -0.833. The summed E-state index contributed by atoms with van der Waals surface area (Å²) in [5.74, 6) is 0.283. The zero-order valence-electron chi connectivity index (χ0n) is 19.8. The molecule has 0 fully saturated rings. The standard InChI is InChI=1S/C29H28N2O3S/c1-21-10-12-23(13-11-21)28(29(33)30-20-22-7-4-3-5-8-22)31(24-14-16-25(34-2)17-15-24)27(32)19-26-9-6-18-35-26/h3-18,28H,19-20H2,1-2H3,(H,30,33)/t28-/m1/s1. The third-order valence-electron chi connectivity index (χ3n) is 5.73. The van der Waals surface area contributed by atoms with Crippen molar-refractivity contribution >= 4 is 28.8 Å². The fourth-order valence-corrected chi connectivity index (χ4v) is 4.57. The van der Waals surface area contributed by atoms with E-state index in [1.807, 2.05) is 91.2 Å². The number of aryl methyl sites for hydroxylation is 1. The summed E-state index contributed by atoms with van der Waals surface area (Å²) in [4.78, 5) is 30.0. The molecule has 0 unspecified atom stereocenters. The average Bonchev–Trinajstić information content (AvgIpc) is 3.40. The van der Waals surface area contributed by atoms with E-state index >= 15 is 0 Å². The lowest BCUT2D eigenvalue weighted by Crippen LogP contribution is -2.44. The number of anilines is 1. The van der Waals surface area contributed by atoms with Crippen LogP contribution in [0.5, 0.6) is 5.75 Å². The van der Waals surface area contributed by atoms with E-state index in [0.29, 0.717) is 18.0 Å². The highest BCUT2D eigenvalue weighted by molar-refractivity contribution is 7.10. The molecule has 35 heavy (non-hydrogen) atoms. The predicted octanol–water partition coefficient (Wildman–Crippen LogP) is 5.70. The van der Waals surface area contributed by atoms with Crippen LogP contribution in [0.3, 0.4) is 0 Å². The quantitative estimate of drug-likeness (QED) is 0.332. The van der Waals surface area contributed by atoms with Crippen molar-refractivity contribution in [2.75, 3.05) is 12.0 Å². The van der Waals surface area contributed by atoms with Crippen LogP contribution in [0, 0.1) is 6.92 Å². The smallest absolute Gasteiger partial charge is 0.248 e. The number of thiophene rings is 1. The molecule has 0 aliphatic heterocycles. The van der Waals surface area contributed by atoms with Crippen LogP contribution in [0.2, 0.25) is 0 Å². The zero-order valence-corrected chi connectivity index (χ0v) is 20.6. The highest BCUT2D eigenvalue weighted by Gasteiger charge is 2.33. The molecule has 4 rings (SSSR count). The number of benzene rings is 3. The van der Waals surface area contributed by atoms with Crippen molar-refractivity contribution < 1.29 is 14.3 Å². The van der Waals surface area contributed by atoms with E-state index in [1.165, 1.54) is 11.3 Å². The van der Waals surface area contributed by atoms with Crippen LogP contribution in [0.1, 0.15) is 27.6 Å². The maximum Gasteiger partial charge on any atom is 0.248 e. The molecule has 0 radical (unpaired) electrons. The maximum absolute atomic E-state index is 13.7. The summed E-state index contributed by atoms with van der Waals surface area (Å²) in [6.45, 7) is 2.37. The minimum Gasteiger partial charge on any atom is -0.497 e. The maximum atomic E-state index is 13.7. The Morgan fingerprint density at radius 1 is 0.914 bits per heavy atom. The molecule has 5 nitrogen and oxygen atoms in total. The van der Waals surface area contributed by atoms with Gasteiger partial charge in [0.2, 0.25) is 11.8 Å². The molecule has 1 aromatic heterocycles. The van der Waals surface area contributed by atoms with Crippen molar-refractivity contribution in [1.29, 1.82) is 0 Å². The molecule has 2 amide bonds. The van der Waals surface area contributed by atoms with E-state index in [2.05, 4.69) is 5.32 Å². The molecule has 0 bridgehead atoms. The molecular weight excluding hydrogens is 456 g/mol. The number of hydrogen-bond acceptors (Lipinski definition) is 4. The van der Waals surface area contributed by atoms with Gasteiger partial charge in [0.1, 0.15) is 11.8 Å². The van der Waals surface area contributed by atoms with Crippen molar-refractivity contribution in [2.24, 2.45) is 0 Å². The zero-order chi connectivity index (χ0) is 24.6. The number of nitrogens with zero attached hydrogens (tertiary/aromatic N) is 1. The molecule has 0 spiro atoms. The van der Waals surface area contributed by atoms with Gasteiger partial charge in [0.05, 0.1) is 13.5 Å². The molecule has 4 aromatic rings. The number of methoxy groups -OCH3 is 1. The second-order valence-electron chi connectivity index (χ2n) is 8.23. The second kappa shape index (κ2) is 11.5. The summed E-state index contributed by atoms with van der Waals surface area (Å²) in [7, 11) is 1.60. The number of ether oxygens (including phenoxy) is 1. The van der Waals surface area contributed by atoms with Gasteiger partial charge in [-0.3, -0.25) is 14.5 Å². The molecule has 3 aromatic carbocycles. The third-order valence-corrected chi connectivity index (χ3v) is 6.61. The molecule has 0 aliphatic carbocycles. The number of hydrogen-bond donors (Lipinski definition) is 1. The molecule has 178 valence electrons. The van der Waals surface area contributed by atoms with Crippen LogP contribution in [0.15, 0.2) is 96.4 Å². The lowest BCUT2D eigenvalue weighted by Gasteiger charge is -2.32. The molecule has 0 aliphatic rings. The van der Waals surface area contributed by atoms with Crippen molar-refractivity contribution in [3.63, 3.8) is 0 Å². The fourth-order valence-electron chi connectivity index (χ4n) is 3.88. The van der Waals surface area contributed by atoms with Gasteiger partial charge in [0.25, 0.3) is 0 Å². The molecular formula is C29H28N2O3S. The first kappa shape index (κ1) is 24.2. The van der Waals surface area contributed by atoms with Crippen LogP contribution in [0.4, 0.5) is 5.69 Å². The van der Waals surface area contributed by atoms with Crippen LogP contribution in [0.25, 0.3) is 0 Å². The first-order valence-electron chi connectivity index (χ1n) is 11.4. The summed E-state index contributed by atoms with van der Waals surface area (Å²) >= 11 is 1.53. The van der Waals surface area contributed by atoms with Crippen molar-refractivity contribution in [1.82, 2.24) is 5.32 Å². The Morgan fingerprint density at radius 2 is 1.63 bits per heavy atom. The third kappa shape index (κ3) is 6.16. The van der Waals surface area contributed by atoms with Gasteiger partial charge < -0.3 is 10.1 Å². The second-order valence-corrected chi connectivity index (χ2v) is 9.27. The molecule has 0 saturated carbocycles. The highest BCUT2D eigenvalue weighted by Crippen LogP contribution is 2.31. The number of carbonyl (C=O) groups excluding carboxylic acids is 2. The van der Waals surface area contributed by atoms with Crippen LogP contribution < -0.4 is 15.0 Å². The summed E-state index contributed by atoms with van der Waals surface area (Å²) in [6, 6.07) is 27.8. The summed E-state index contributed by atoms with van der Waals surface area (Å²) in [5, 5.41) is 4.99. The lowest BCUT2D eigenvalue weighted by molar-refractivity contribution is -0.126. The Morgan fingerprint density at radius 3 is 2.26 bits per heavy atom. The Bertz CT molecular complexity index is 1240. The molecule has 1 N–H and O–H groups in total. The molecule has 1 heterocycles. The SMILES string of the molecule is COc1ccc(N(C(=O)Cc2cccs2)[C@@H](C(=O)NCc2ccccc2)c2ccc(C)cc2)cc1. The van der Waals surface area contributed by atoms with E-state index < -0.39 is 6.04 Å². The lowest BCUT2D eigenvalue weighted by atomic mass is 10.0. The van der Waals surface area contributed by atoms with Gasteiger partial charge in [-0.15, -0.1) is 11.3 Å². The van der Waals surface area contributed by atoms with E-state index in [4.69, 9.17) is 4.74 Å².